The highest BCUT2D eigenvalue weighted by Gasteiger charge is 2.30. The summed E-state index contributed by atoms with van der Waals surface area (Å²) in [5.41, 5.74) is 0.603. The van der Waals surface area contributed by atoms with Crippen molar-refractivity contribution in [1.29, 1.82) is 0 Å². The lowest BCUT2D eigenvalue weighted by Gasteiger charge is -2.30. The minimum Gasteiger partial charge on any atom is -0.229 e. The Bertz CT molecular complexity index is 528. The molecule has 0 saturated heterocycles. The number of alkyl halides is 2. The predicted octanol–water partition coefficient (Wildman–Crippen LogP) is 4.07. The molecule has 1 aromatic carbocycles. The van der Waals surface area contributed by atoms with E-state index in [1.807, 2.05) is 6.07 Å². The van der Waals surface area contributed by atoms with Gasteiger partial charge in [0.2, 0.25) is 0 Å². The molecule has 0 amide bonds. The van der Waals surface area contributed by atoms with E-state index in [9.17, 15) is 12.8 Å². The lowest BCUT2D eigenvalue weighted by molar-refractivity contribution is 0.490. The average molecular weight is 430 g/mol. The lowest BCUT2D eigenvalue weighted by atomic mass is 9.80. The van der Waals surface area contributed by atoms with Crippen LogP contribution in [0.5, 0.6) is 0 Å². The molecule has 6 heteroatoms. The van der Waals surface area contributed by atoms with Gasteiger partial charge in [-0.25, -0.2) is 12.8 Å². The first kappa shape index (κ1) is 18.1. The van der Waals surface area contributed by atoms with Crippen molar-refractivity contribution in [2.45, 2.75) is 25.2 Å². The molecule has 0 aliphatic carbocycles. The van der Waals surface area contributed by atoms with Crippen molar-refractivity contribution in [2.75, 3.05) is 22.2 Å². The first-order valence-electron chi connectivity index (χ1n) is 6.47. The highest BCUT2D eigenvalue weighted by molar-refractivity contribution is 9.09. The minimum absolute atomic E-state index is 0.169. The summed E-state index contributed by atoms with van der Waals surface area (Å²) in [6, 6.07) is 6.52. The Morgan fingerprint density at radius 1 is 1.25 bits per heavy atom. The van der Waals surface area contributed by atoms with Crippen molar-refractivity contribution in [3.63, 3.8) is 0 Å². The molecule has 0 atom stereocenters. The summed E-state index contributed by atoms with van der Waals surface area (Å²) in [5.74, 6) is 0.0818. The second-order valence-electron chi connectivity index (χ2n) is 4.90. The number of benzene rings is 1. The van der Waals surface area contributed by atoms with Crippen LogP contribution in [0.3, 0.4) is 0 Å². The number of halogens is 3. The van der Waals surface area contributed by atoms with Gasteiger partial charge in [-0.1, -0.05) is 50.9 Å². The van der Waals surface area contributed by atoms with E-state index in [4.69, 9.17) is 0 Å². The van der Waals surface area contributed by atoms with Crippen LogP contribution in [-0.4, -0.2) is 30.6 Å². The van der Waals surface area contributed by atoms with Gasteiger partial charge in [-0.05, 0) is 30.5 Å². The molecular weight excluding hydrogens is 411 g/mol. The van der Waals surface area contributed by atoms with Crippen LogP contribution in [0.15, 0.2) is 24.3 Å². The maximum atomic E-state index is 13.4. The van der Waals surface area contributed by atoms with Gasteiger partial charge >= 0.3 is 0 Å². The molecule has 0 N–H and O–H groups in total. The van der Waals surface area contributed by atoms with Crippen molar-refractivity contribution >= 4 is 41.7 Å². The Morgan fingerprint density at radius 2 is 1.90 bits per heavy atom. The van der Waals surface area contributed by atoms with Gasteiger partial charge in [0.25, 0.3) is 0 Å². The number of sulfone groups is 1. The van der Waals surface area contributed by atoms with Crippen LogP contribution in [0.2, 0.25) is 0 Å². The third-order valence-corrected chi connectivity index (χ3v) is 7.44. The van der Waals surface area contributed by atoms with Crippen LogP contribution in [0.4, 0.5) is 4.39 Å². The first-order chi connectivity index (χ1) is 9.39. The van der Waals surface area contributed by atoms with E-state index in [2.05, 4.69) is 31.9 Å². The van der Waals surface area contributed by atoms with E-state index in [1.165, 1.54) is 12.1 Å². The SMILES string of the molecule is CCS(=O)(=O)CCCC(CBr)(CBr)c1cccc(F)c1. The van der Waals surface area contributed by atoms with Crippen LogP contribution in [0, 0.1) is 5.82 Å². The highest BCUT2D eigenvalue weighted by Crippen LogP contribution is 2.34. The summed E-state index contributed by atoms with van der Waals surface area (Å²) >= 11 is 6.98. The molecular formula is C14H19Br2FO2S. The van der Waals surface area contributed by atoms with E-state index < -0.39 is 9.84 Å². The predicted molar refractivity (Wildman–Crippen MR) is 89.2 cm³/mol. The summed E-state index contributed by atoms with van der Waals surface area (Å²) in [6.07, 6.45) is 1.26. The fourth-order valence-corrected chi connectivity index (χ4v) is 5.07. The van der Waals surface area contributed by atoms with E-state index in [0.29, 0.717) is 23.5 Å². The molecule has 0 radical (unpaired) electrons. The van der Waals surface area contributed by atoms with Gasteiger partial charge in [-0.15, -0.1) is 0 Å². The molecule has 0 aromatic heterocycles. The Morgan fingerprint density at radius 3 is 2.40 bits per heavy atom. The van der Waals surface area contributed by atoms with Crippen molar-refractivity contribution in [3.8, 4) is 0 Å². The largest absolute Gasteiger partial charge is 0.229 e. The van der Waals surface area contributed by atoms with E-state index in [1.54, 1.807) is 13.0 Å². The second kappa shape index (κ2) is 7.90. The topological polar surface area (TPSA) is 34.1 Å². The first-order valence-corrected chi connectivity index (χ1v) is 10.5. The monoisotopic (exact) mass is 428 g/mol. The molecule has 0 fully saturated rings. The number of rotatable bonds is 8. The van der Waals surface area contributed by atoms with Gasteiger partial charge in [0, 0.05) is 21.8 Å². The van der Waals surface area contributed by atoms with E-state index >= 15 is 0 Å². The Labute approximate surface area is 137 Å². The van der Waals surface area contributed by atoms with Crippen LogP contribution in [0.25, 0.3) is 0 Å². The minimum atomic E-state index is -2.95. The van der Waals surface area contributed by atoms with Crippen LogP contribution in [0.1, 0.15) is 25.3 Å². The molecule has 20 heavy (non-hydrogen) atoms. The van der Waals surface area contributed by atoms with E-state index in [-0.39, 0.29) is 22.7 Å². The summed E-state index contributed by atoms with van der Waals surface area (Å²) in [5, 5.41) is 1.31. The Balaban J connectivity index is 2.88. The van der Waals surface area contributed by atoms with Crippen molar-refractivity contribution in [3.05, 3.63) is 35.6 Å². The van der Waals surface area contributed by atoms with Crippen molar-refractivity contribution < 1.29 is 12.8 Å². The molecule has 0 spiro atoms. The van der Waals surface area contributed by atoms with Crippen LogP contribution >= 0.6 is 31.9 Å². The van der Waals surface area contributed by atoms with Crippen molar-refractivity contribution in [1.82, 2.24) is 0 Å². The molecule has 1 aromatic rings. The summed E-state index contributed by atoms with van der Waals surface area (Å²) in [6.45, 7) is 1.66. The maximum absolute atomic E-state index is 13.4. The van der Waals surface area contributed by atoms with Gasteiger partial charge in [0.05, 0.1) is 5.75 Å². The van der Waals surface area contributed by atoms with Gasteiger partial charge in [-0.3, -0.25) is 0 Å². The average Bonchev–Trinajstić information content (AvgIpc) is 2.44. The zero-order valence-corrected chi connectivity index (χ0v) is 15.4. The fraction of sp³-hybridized carbons (Fsp3) is 0.571. The molecule has 1 rings (SSSR count). The lowest BCUT2D eigenvalue weighted by Crippen LogP contribution is -2.31. The standard InChI is InChI=1S/C14H19Br2FO2S/c1-2-20(18,19)8-4-7-14(10-15,11-16)12-5-3-6-13(17)9-12/h3,5-6,9H,2,4,7-8,10-11H2,1H3. The van der Waals surface area contributed by atoms with Gasteiger partial charge in [-0.2, -0.15) is 0 Å². The van der Waals surface area contributed by atoms with Crippen LogP contribution < -0.4 is 0 Å². The van der Waals surface area contributed by atoms with E-state index in [0.717, 1.165) is 5.56 Å². The third kappa shape index (κ3) is 4.81. The normalized spacial score (nSPS) is 12.6. The quantitative estimate of drug-likeness (QED) is 0.583. The summed E-state index contributed by atoms with van der Waals surface area (Å²) in [7, 11) is -2.95. The summed E-state index contributed by atoms with van der Waals surface area (Å²) < 4.78 is 36.5. The molecule has 0 saturated carbocycles. The fourth-order valence-electron chi connectivity index (χ4n) is 2.06. The second-order valence-corrected chi connectivity index (χ2v) is 8.49. The van der Waals surface area contributed by atoms with Gasteiger partial charge in [0.15, 0.2) is 0 Å². The zero-order valence-electron chi connectivity index (χ0n) is 11.4. The molecule has 0 bridgehead atoms. The van der Waals surface area contributed by atoms with Gasteiger partial charge in [0.1, 0.15) is 15.7 Å². The Kier molecular flexibility index (Phi) is 7.15. The maximum Gasteiger partial charge on any atom is 0.150 e. The smallest absolute Gasteiger partial charge is 0.150 e. The van der Waals surface area contributed by atoms with Crippen LogP contribution in [-0.2, 0) is 15.3 Å². The molecule has 0 aliphatic rings. The molecule has 2 nitrogen and oxygen atoms in total. The van der Waals surface area contributed by atoms with Gasteiger partial charge < -0.3 is 0 Å². The molecule has 0 heterocycles. The molecule has 114 valence electrons. The number of hydrogen-bond acceptors (Lipinski definition) is 2. The number of hydrogen-bond donors (Lipinski definition) is 0. The molecule has 0 aliphatic heterocycles. The third-order valence-electron chi connectivity index (χ3n) is 3.50. The van der Waals surface area contributed by atoms with Crippen molar-refractivity contribution in [2.24, 2.45) is 0 Å². The molecule has 0 unspecified atom stereocenters. The Hall–Kier alpha value is 0.0600. The highest BCUT2D eigenvalue weighted by atomic mass is 79.9. The summed E-state index contributed by atoms with van der Waals surface area (Å²) in [4.78, 5) is 0. The zero-order chi connectivity index (χ0) is 15.2.